The van der Waals surface area contributed by atoms with E-state index in [1.54, 1.807) is 18.2 Å². The SMILES string of the molecule is CC(CC(=O)NCc1cccc(OCC(=O)O)c1)C1CCCCC1. The first-order valence-electron chi connectivity index (χ1n) is 8.75. The fraction of sp³-hybridized carbons (Fsp3) is 0.579. The zero-order valence-corrected chi connectivity index (χ0v) is 14.3. The number of benzene rings is 1. The Morgan fingerprint density at radius 3 is 2.75 bits per heavy atom. The van der Waals surface area contributed by atoms with Gasteiger partial charge in [-0.05, 0) is 29.5 Å². The average molecular weight is 333 g/mol. The third-order valence-corrected chi connectivity index (χ3v) is 4.71. The molecular weight excluding hydrogens is 306 g/mol. The van der Waals surface area contributed by atoms with E-state index in [1.807, 2.05) is 6.07 Å². The van der Waals surface area contributed by atoms with E-state index in [1.165, 1.54) is 32.1 Å². The largest absolute Gasteiger partial charge is 0.482 e. The number of ether oxygens (including phenoxy) is 1. The molecule has 1 atom stereocenters. The van der Waals surface area contributed by atoms with Gasteiger partial charge in [-0.2, -0.15) is 0 Å². The summed E-state index contributed by atoms with van der Waals surface area (Å²) in [6, 6.07) is 7.15. The fourth-order valence-electron chi connectivity index (χ4n) is 3.33. The van der Waals surface area contributed by atoms with E-state index in [-0.39, 0.29) is 12.5 Å². The fourth-order valence-corrected chi connectivity index (χ4v) is 3.33. The predicted molar refractivity (Wildman–Crippen MR) is 91.8 cm³/mol. The number of aliphatic carboxylic acids is 1. The summed E-state index contributed by atoms with van der Waals surface area (Å²) in [5, 5.41) is 11.6. The molecule has 2 rings (SSSR count). The first-order valence-corrected chi connectivity index (χ1v) is 8.75. The zero-order valence-electron chi connectivity index (χ0n) is 14.3. The standard InChI is InChI=1S/C19H27NO4/c1-14(16-7-3-2-4-8-16)10-18(21)20-12-15-6-5-9-17(11-15)24-13-19(22)23/h5-6,9,11,14,16H,2-4,7-8,10,12-13H2,1H3,(H,20,21)(H,22,23). The van der Waals surface area contributed by atoms with Crippen LogP contribution >= 0.6 is 0 Å². The Balaban J connectivity index is 1.76. The molecule has 0 aliphatic heterocycles. The van der Waals surface area contributed by atoms with Crippen LogP contribution in [-0.4, -0.2) is 23.6 Å². The lowest BCUT2D eigenvalue weighted by molar-refractivity contribution is -0.139. The Hall–Kier alpha value is -2.04. The highest BCUT2D eigenvalue weighted by atomic mass is 16.5. The Morgan fingerprint density at radius 1 is 1.29 bits per heavy atom. The molecule has 24 heavy (non-hydrogen) atoms. The molecule has 0 saturated heterocycles. The van der Waals surface area contributed by atoms with Crippen molar-refractivity contribution in [2.75, 3.05) is 6.61 Å². The third kappa shape index (κ3) is 6.22. The minimum atomic E-state index is -1.01. The van der Waals surface area contributed by atoms with Gasteiger partial charge in [-0.1, -0.05) is 51.2 Å². The Bertz CT molecular complexity index is 552. The number of nitrogens with one attached hydrogen (secondary N) is 1. The lowest BCUT2D eigenvalue weighted by atomic mass is 9.79. The molecule has 1 aliphatic carbocycles. The molecule has 0 spiro atoms. The summed E-state index contributed by atoms with van der Waals surface area (Å²) in [4.78, 5) is 22.7. The molecule has 5 nitrogen and oxygen atoms in total. The maximum absolute atomic E-state index is 12.1. The van der Waals surface area contributed by atoms with Crippen molar-refractivity contribution in [2.45, 2.75) is 52.0 Å². The monoisotopic (exact) mass is 333 g/mol. The van der Waals surface area contributed by atoms with Crippen molar-refractivity contribution in [2.24, 2.45) is 11.8 Å². The van der Waals surface area contributed by atoms with E-state index in [9.17, 15) is 9.59 Å². The molecule has 1 fully saturated rings. The van der Waals surface area contributed by atoms with Gasteiger partial charge in [0.2, 0.25) is 5.91 Å². The van der Waals surface area contributed by atoms with Gasteiger partial charge in [0.25, 0.3) is 0 Å². The summed E-state index contributed by atoms with van der Waals surface area (Å²) in [5.74, 6) is 0.669. The predicted octanol–water partition coefficient (Wildman–Crippen LogP) is 3.37. The van der Waals surface area contributed by atoms with Gasteiger partial charge < -0.3 is 15.2 Å². The highest BCUT2D eigenvalue weighted by Crippen LogP contribution is 2.31. The molecule has 0 bridgehead atoms. The minimum Gasteiger partial charge on any atom is -0.482 e. The van der Waals surface area contributed by atoms with Gasteiger partial charge in [-0.25, -0.2) is 4.79 Å². The maximum atomic E-state index is 12.1. The van der Waals surface area contributed by atoms with Gasteiger partial charge in [0.15, 0.2) is 6.61 Å². The lowest BCUT2D eigenvalue weighted by Crippen LogP contribution is -2.27. The number of hydrogen-bond donors (Lipinski definition) is 2. The van der Waals surface area contributed by atoms with E-state index in [0.717, 1.165) is 5.56 Å². The highest BCUT2D eigenvalue weighted by Gasteiger charge is 2.21. The molecule has 0 radical (unpaired) electrons. The number of carboxylic acids is 1. The van der Waals surface area contributed by atoms with Gasteiger partial charge in [0, 0.05) is 13.0 Å². The molecule has 1 aromatic rings. The zero-order chi connectivity index (χ0) is 17.4. The molecule has 132 valence electrons. The first-order chi connectivity index (χ1) is 11.5. The van der Waals surface area contributed by atoms with E-state index in [2.05, 4.69) is 12.2 Å². The lowest BCUT2D eigenvalue weighted by Gasteiger charge is -2.27. The molecular formula is C19H27NO4. The summed E-state index contributed by atoms with van der Waals surface area (Å²) in [6.45, 7) is 2.24. The van der Waals surface area contributed by atoms with Crippen LogP contribution < -0.4 is 10.1 Å². The summed E-state index contributed by atoms with van der Waals surface area (Å²) in [5.41, 5.74) is 0.900. The van der Waals surface area contributed by atoms with E-state index < -0.39 is 5.97 Å². The van der Waals surface area contributed by atoms with Crippen molar-refractivity contribution in [3.05, 3.63) is 29.8 Å². The molecule has 1 saturated carbocycles. The number of carboxylic acid groups (broad SMARTS) is 1. The van der Waals surface area contributed by atoms with E-state index in [4.69, 9.17) is 9.84 Å². The van der Waals surface area contributed by atoms with Crippen LogP contribution in [0.2, 0.25) is 0 Å². The second-order valence-electron chi connectivity index (χ2n) is 6.69. The minimum absolute atomic E-state index is 0.0740. The summed E-state index contributed by atoms with van der Waals surface area (Å²) in [6.07, 6.45) is 6.98. The smallest absolute Gasteiger partial charge is 0.341 e. The van der Waals surface area contributed by atoms with Gasteiger partial charge >= 0.3 is 5.97 Å². The van der Waals surface area contributed by atoms with Crippen molar-refractivity contribution in [3.8, 4) is 5.75 Å². The number of carbonyl (C=O) groups is 2. The number of rotatable bonds is 8. The van der Waals surface area contributed by atoms with Crippen LogP contribution in [0.15, 0.2) is 24.3 Å². The number of hydrogen-bond acceptors (Lipinski definition) is 3. The maximum Gasteiger partial charge on any atom is 0.341 e. The number of amides is 1. The molecule has 5 heteroatoms. The van der Waals surface area contributed by atoms with Crippen molar-refractivity contribution in [1.29, 1.82) is 0 Å². The Labute approximate surface area is 143 Å². The van der Waals surface area contributed by atoms with Gasteiger partial charge in [0.05, 0.1) is 0 Å². The van der Waals surface area contributed by atoms with E-state index >= 15 is 0 Å². The van der Waals surface area contributed by atoms with Crippen molar-refractivity contribution < 1.29 is 19.4 Å². The Kier molecular flexibility index (Phi) is 7.09. The van der Waals surface area contributed by atoms with Gasteiger partial charge in [-0.3, -0.25) is 4.79 Å². The van der Waals surface area contributed by atoms with Crippen LogP contribution in [0.3, 0.4) is 0 Å². The summed E-state index contributed by atoms with van der Waals surface area (Å²) in [7, 11) is 0. The quantitative estimate of drug-likeness (QED) is 0.765. The van der Waals surface area contributed by atoms with Crippen molar-refractivity contribution in [1.82, 2.24) is 5.32 Å². The van der Waals surface area contributed by atoms with Crippen LogP contribution in [0, 0.1) is 11.8 Å². The van der Waals surface area contributed by atoms with Crippen molar-refractivity contribution in [3.63, 3.8) is 0 Å². The molecule has 2 N–H and O–H groups in total. The molecule has 0 aromatic heterocycles. The number of carbonyl (C=O) groups excluding carboxylic acids is 1. The highest BCUT2D eigenvalue weighted by molar-refractivity contribution is 5.76. The third-order valence-electron chi connectivity index (χ3n) is 4.71. The molecule has 1 unspecified atom stereocenters. The molecule has 1 amide bonds. The van der Waals surface area contributed by atoms with Crippen LogP contribution in [0.5, 0.6) is 5.75 Å². The van der Waals surface area contributed by atoms with Crippen LogP contribution in [-0.2, 0) is 16.1 Å². The molecule has 1 aromatic carbocycles. The van der Waals surface area contributed by atoms with Crippen molar-refractivity contribution >= 4 is 11.9 Å². The normalized spacial score (nSPS) is 16.4. The van der Waals surface area contributed by atoms with Crippen LogP contribution in [0.25, 0.3) is 0 Å². The second-order valence-corrected chi connectivity index (χ2v) is 6.69. The average Bonchev–Trinajstić information content (AvgIpc) is 2.59. The van der Waals surface area contributed by atoms with Gasteiger partial charge in [-0.15, -0.1) is 0 Å². The first kappa shape index (κ1) is 18.3. The van der Waals surface area contributed by atoms with E-state index in [0.29, 0.717) is 30.6 Å². The van der Waals surface area contributed by atoms with Gasteiger partial charge in [0.1, 0.15) is 5.75 Å². The second kappa shape index (κ2) is 9.30. The topological polar surface area (TPSA) is 75.6 Å². The Morgan fingerprint density at radius 2 is 2.04 bits per heavy atom. The molecule has 1 aliphatic rings. The van der Waals surface area contributed by atoms with Crippen LogP contribution in [0.4, 0.5) is 0 Å². The summed E-state index contributed by atoms with van der Waals surface area (Å²) >= 11 is 0. The molecule has 0 heterocycles. The van der Waals surface area contributed by atoms with Crippen LogP contribution in [0.1, 0.15) is 51.0 Å². The summed E-state index contributed by atoms with van der Waals surface area (Å²) < 4.78 is 5.15.